The topological polar surface area (TPSA) is 297 Å². The van der Waals surface area contributed by atoms with Crippen LogP contribution in [0.4, 0.5) is 0 Å². The Balaban J connectivity index is -0.000000226. The van der Waals surface area contributed by atoms with Crippen LogP contribution < -0.4 is 27.4 Å². The third kappa shape index (κ3) is 107. The van der Waals surface area contributed by atoms with Crippen molar-refractivity contribution in [2.45, 2.75) is 538 Å². The molecule has 0 aromatic heterocycles. The Labute approximate surface area is 674 Å². The number of unbranched alkanes of at least 4 members (excludes halogenated alkanes) is 47. The lowest BCUT2D eigenvalue weighted by molar-refractivity contribution is -0.148. The number of hydrogen-bond donors (Lipinski definition) is 15. The second-order valence-corrected chi connectivity index (χ2v) is 32.2. The molecule has 0 aliphatic rings. The minimum atomic E-state index is -1.46. The van der Waals surface area contributed by atoms with Gasteiger partial charge in [-0.3, -0.25) is 20.9 Å². The smallest absolute Gasteiger partial charge is 0.142 e. The monoisotopic (exact) mass is 1550 g/mol. The van der Waals surface area contributed by atoms with Gasteiger partial charge < -0.3 is 67.4 Å². The highest BCUT2D eigenvalue weighted by Crippen LogP contribution is 2.29. The number of nitrogens with zero attached hydrogens (tertiary/aromatic N) is 2. The van der Waals surface area contributed by atoms with Crippen molar-refractivity contribution in [3.05, 3.63) is 0 Å². The Kier molecular flexibility index (Phi) is 110. The van der Waals surface area contributed by atoms with Crippen molar-refractivity contribution in [2.75, 3.05) is 52.4 Å². The van der Waals surface area contributed by atoms with Gasteiger partial charge in [-0.05, 0) is 132 Å². The lowest BCUT2D eigenvalue weighted by Gasteiger charge is -2.38. The summed E-state index contributed by atoms with van der Waals surface area (Å²) in [6, 6.07) is 0. The first-order chi connectivity index (χ1) is 51.7. The first kappa shape index (κ1) is 121. The van der Waals surface area contributed by atoms with E-state index in [2.05, 4.69) is 88.1 Å². The molecule has 0 aliphatic heterocycles. The lowest BCUT2D eigenvalue weighted by atomic mass is 9.84. The van der Waals surface area contributed by atoms with E-state index in [-0.39, 0.29) is 24.8 Å². The van der Waals surface area contributed by atoms with Gasteiger partial charge in [0.15, 0.2) is 0 Å². The SMILES string of the molecule is CC(O)C(N)O.CCCCCCCCC(C)(O)C(N)(O)CCCCCCCC.CCCCCCCCCCCCNC(C)O.CCCCCCCCCCCCNC(O)C(C)O.CCCCCCCCCCCCNC(O)CC.CCCCCCCCN(CCCCCCCC)C(C)O.CCN(CC)CC(C)O. The van der Waals surface area contributed by atoms with Crippen LogP contribution in [0.3, 0.4) is 0 Å². The Morgan fingerprint density at radius 1 is 0.324 bits per heavy atom. The molecule has 662 valence electrons. The molecule has 0 aromatic rings. The van der Waals surface area contributed by atoms with Crippen molar-refractivity contribution in [1.82, 2.24) is 25.8 Å². The van der Waals surface area contributed by atoms with Gasteiger partial charge in [0.05, 0.1) is 18.3 Å². The third-order valence-corrected chi connectivity index (χ3v) is 20.5. The standard InChI is InChI=1S/C19H41NO2.C18H39NO.C15H33NO2.C15H33NO.C14H31NO.C7H17NO.C3H9NO2/c1-4-6-8-10-12-14-16-18(3,21)19(20,22)17-15-13-11-9-7-5-2;1-4-6-8-10-12-14-16-19(18(3)20)17-15-13-11-9-7-5-2;1-3-4-5-6-7-8-9-10-11-12-13-16-15(18)14(2)17;1-3-5-6-7-8-9-10-11-12-13-14-16-15(17)4-2;1-3-4-5-6-7-8-9-10-11-12-13-15-14(2)16;1-4-8(5-2)6-7(3)9;1-2(5)3(4)6/h21-22H,4-17,20H2,1-3H3;18,20H,4-17H2,1-3H3;14-18H,3-13H2,1-2H3;15-17H,3-14H2,1-2H3;14-16H,3-13H2,1-2H3;7,9H,4-6H2,1-3H3;2-3,5-6H,4H2,1H3. The molecule has 0 saturated heterocycles. The molecule has 0 saturated carbocycles. The average Bonchev–Trinajstić information content (AvgIpc) is 0.828. The Hall–Kier alpha value is -0.680. The number of likely N-dealkylation sites (N-methyl/N-ethyl adjacent to an activating group) is 1. The van der Waals surface area contributed by atoms with Crippen molar-refractivity contribution >= 4 is 0 Å². The molecule has 108 heavy (non-hydrogen) atoms. The van der Waals surface area contributed by atoms with E-state index in [1.165, 1.54) is 322 Å². The summed E-state index contributed by atoms with van der Waals surface area (Å²) in [7, 11) is 0. The van der Waals surface area contributed by atoms with E-state index in [0.717, 1.165) is 90.9 Å². The zero-order valence-corrected chi connectivity index (χ0v) is 75.6. The number of rotatable bonds is 73. The zero-order chi connectivity index (χ0) is 82.9. The van der Waals surface area contributed by atoms with Crippen molar-refractivity contribution < 1.29 is 51.1 Å². The molecule has 17 nitrogen and oxygen atoms in total. The fraction of sp³-hybridized carbons (Fsp3) is 1.00. The summed E-state index contributed by atoms with van der Waals surface area (Å²) in [5.74, 6) is 0. The average molecular weight is 1560 g/mol. The van der Waals surface area contributed by atoms with E-state index in [4.69, 9.17) is 37.0 Å². The molecule has 0 rings (SSSR count). The van der Waals surface area contributed by atoms with Gasteiger partial charge in [0.2, 0.25) is 0 Å². The molecule has 17 heteroatoms. The highest BCUT2D eigenvalue weighted by molar-refractivity contribution is 4.92. The molecule has 17 N–H and O–H groups in total. The van der Waals surface area contributed by atoms with E-state index < -0.39 is 36.0 Å². The maximum Gasteiger partial charge on any atom is 0.142 e. The summed E-state index contributed by atoms with van der Waals surface area (Å²) in [5, 5.41) is 102. The molecular weight excluding hydrogens is 1350 g/mol. The van der Waals surface area contributed by atoms with E-state index >= 15 is 0 Å². The Morgan fingerprint density at radius 2 is 0.574 bits per heavy atom. The van der Waals surface area contributed by atoms with Crippen LogP contribution in [0.2, 0.25) is 0 Å². The van der Waals surface area contributed by atoms with Gasteiger partial charge >= 0.3 is 0 Å². The minimum absolute atomic E-state index is 0.190. The maximum absolute atomic E-state index is 10.5. The molecule has 0 fully saturated rings. The first-order valence-corrected chi connectivity index (χ1v) is 46.8. The van der Waals surface area contributed by atoms with Crippen LogP contribution in [0.5, 0.6) is 0 Å². The highest BCUT2D eigenvalue weighted by atomic mass is 16.4. The molecule has 0 bridgehead atoms. The summed E-state index contributed by atoms with van der Waals surface area (Å²) >= 11 is 0. The van der Waals surface area contributed by atoms with Gasteiger partial charge in [0.25, 0.3) is 0 Å². The summed E-state index contributed by atoms with van der Waals surface area (Å²) in [5.41, 5.74) is 8.11. The molecule has 0 amide bonds. The normalized spacial score (nSPS) is 14.6. The third-order valence-electron chi connectivity index (χ3n) is 20.5. The predicted molar refractivity (Wildman–Crippen MR) is 472 cm³/mol. The number of nitrogens with two attached hydrogens (primary N) is 2. The molecule has 0 aliphatic carbocycles. The van der Waals surface area contributed by atoms with Gasteiger partial charge in [-0.25, -0.2) is 0 Å². The number of aliphatic hydroxyl groups excluding tert-OH is 8. The summed E-state index contributed by atoms with van der Waals surface area (Å²) in [6.07, 6.45) is 68.0. The second kappa shape index (κ2) is 98.7. The second-order valence-electron chi connectivity index (χ2n) is 32.2. The zero-order valence-electron chi connectivity index (χ0n) is 75.6. The molecule has 10 atom stereocenters. The van der Waals surface area contributed by atoms with Gasteiger partial charge in [-0.15, -0.1) is 0 Å². The Bertz CT molecular complexity index is 1500. The van der Waals surface area contributed by atoms with Crippen LogP contribution in [0.25, 0.3) is 0 Å². The number of aliphatic hydroxyl groups is 10. The van der Waals surface area contributed by atoms with Crippen LogP contribution in [0.15, 0.2) is 0 Å². The molecule has 10 unspecified atom stereocenters. The summed E-state index contributed by atoms with van der Waals surface area (Å²) < 4.78 is 0. The number of nitrogens with one attached hydrogen (secondary N) is 3. The predicted octanol–water partition coefficient (Wildman–Crippen LogP) is 20.8. The fourth-order valence-electron chi connectivity index (χ4n) is 12.4. The van der Waals surface area contributed by atoms with Crippen molar-refractivity contribution in [3.63, 3.8) is 0 Å². The van der Waals surface area contributed by atoms with E-state index in [1.54, 1.807) is 20.8 Å². The summed E-state index contributed by atoms with van der Waals surface area (Å²) in [4.78, 5) is 4.45. The molecule has 0 spiro atoms. The Morgan fingerprint density at radius 3 is 0.806 bits per heavy atom. The van der Waals surface area contributed by atoms with E-state index in [9.17, 15) is 25.5 Å². The molecule has 0 radical (unpaired) electrons. The van der Waals surface area contributed by atoms with Crippen molar-refractivity contribution in [3.8, 4) is 0 Å². The first-order valence-electron chi connectivity index (χ1n) is 46.8. The van der Waals surface area contributed by atoms with Crippen LogP contribution in [0.1, 0.15) is 477 Å². The highest BCUT2D eigenvalue weighted by Gasteiger charge is 2.41. The molecule has 0 heterocycles. The van der Waals surface area contributed by atoms with Gasteiger partial charge in [0.1, 0.15) is 42.5 Å². The van der Waals surface area contributed by atoms with Gasteiger partial charge in [-0.2, -0.15) is 0 Å². The van der Waals surface area contributed by atoms with Gasteiger partial charge in [-0.1, -0.05) is 377 Å². The minimum Gasteiger partial charge on any atom is -0.392 e. The van der Waals surface area contributed by atoms with Crippen molar-refractivity contribution in [2.24, 2.45) is 11.5 Å². The lowest BCUT2D eigenvalue weighted by Crippen LogP contribution is -2.59. The molecular formula is C91H203N7O10. The van der Waals surface area contributed by atoms with E-state index in [1.807, 2.05) is 20.8 Å². The van der Waals surface area contributed by atoms with Crippen LogP contribution in [-0.4, -0.2) is 174 Å². The molecule has 0 aromatic carbocycles. The van der Waals surface area contributed by atoms with Crippen LogP contribution in [0, 0.1) is 0 Å². The maximum atomic E-state index is 10.5. The summed E-state index contributed by atoms with van der Waals surface area (Å²) in [6.45, 7) is 39.8. The van der Waals surface area contributed by atoms with Crippen molar-refractivity contribution in [1.29, 1.82) is 0 Å². The fourth-order valence-corrected chi connectivity index (χ4v) is 12.4. The van der Waals surface area contributed by atoms with Crippen LogP contribution >= 0.6 is 0 Å². The van der Waals surface area contributed by atoms with Crippen LogP contribution in [-0.2, 0) is 0 Å². The quantitative estimate of drug-likeness (QED) is 0.0199. The number of hydrogen-bond acceptors (Lipinski definition) is 17. The van der Waals surface area contributed by atoms with Gasteiger partial charge in [0, 0.05) is 19.6 Å². The van der Waals surface area contributed by atoms with E-state index in [0.29, 0.717) is 12.8 Å². The largest absolute Gasteiger partial charge is 0.392 e.